The second-order valence-electron chi connectivity index (χ2n) is 4.74. The molecule has 0 aromatic heterocycles. The Hall–Kier alpha value is -0.930. The highest BCUT2D eigenvalue weighted by Crippen LogP contribution is 2.33. The molecule has 102 valence electrons. The number of halogens is 1. The van der Waals surface area contributed by atoms with E-state index in [0.29, 0.717) is 17.3 Å². The fourth-order valence-corrected chi connectivity index (χ4v) is 1.96. The lowest BCUT2D eigenvalue weighted by molar-refractivity contribution is 0.323. The molecule has 0 bridgehead atoms. The number of benzene rings is 1. The molecule has 0 fully saturated rings. The van der Waals surface area contributed by atoms with Crippen molar-refractivity contribution in [2.45, 2.75) is 45.7 Å². The summed E-state index contributed by atoms with van der Waals surface area (Å²) >= 11 is 6.00. The molecular formula is C14H22ClNO2. The first kappa shape index (κ1) is 15.1. The van der Waals surface area contributed by atoms with E-state index >= 15 is 0 Å². The van der Waals surface area contributed by atoms with Crippen molar-refractivity contribution in [2.75, 3.05) is 7.11 Å². The molecule has 18 heavy (non-hydrogen) atoms. The maximum Gasteiger partial charge on any atom is 0.162 e. The third kappa shape index (κ3) is 3.53. The lowest BCUT2D eigenvalue weighted by Gasteiger charge is -2.28. The summed E-state index contributed by atoms with van der Waals surface area (Å²) in [4.78, 5) is 0. The summed E-state index contributed by atoms with van der Waals surface area (Å²) in [7, 11) is 1.52. The molecule has 0 amide bonds. The summed E-state index contributed by atoms with van der Waals surface area (Å²) in [6, 6.07) is 3.37. The average Bonchev–Trinajstić information content (AvgIpc) is 2.38. The van der Waals surface area contributed by atoms with Crippen LogP contribution in [0.25, 0.3) is 0 Å². The van der Waals surface area contributed by atoms with E-state index in [0.717, 1.165) is 18.4 Å². The maximum atomic E-state index is 10.0. The number of ether oxygens (including phenoxy) is 1. The summed E-state index contributed by atoms with van der Waals surface area (Å²) in [5.41, 5.74) is 0.828. The second-order valence-corrected chi connectivity index (χ2v) is 5.17. The number of methoxy groups -OCH3 is 1. The molecule has 0 saturated heterocycles. The molecule has 0 unspecified atom stereocenters. The third-order valence-electron chi connectivity index (χ3n) is 3.60. The quantitative estimate of drug-likeness (QED) is 0.828. The molecule has 0 atom stereocenters. The summed E-state index contributed by atoms with van der Waals surface area (Å²) in [6.45, 7) is 7.04. The van der Waals surface area contributed by atoms with Crippen molar-refractivity contribution in [1.82, 2.24) is 5.32 Å². The minimum absolute atomic E-state index is 0.0714. The van der Waals surface area contributed by atoms with Gasteiger partial charge in [0.05, 0.1) is 7.11 Å². The molecule has 0 spiro atoms. The van der Waals surface area contributed by atoms with Gasteiger partial charge in [-0.2, -0.15) is 0 Å². The Morgan fingerprint density at radius 3 is 2.44 bits per heavy atom. The van der Waals surface area contributed by atoms with Gasteiger partial charge in [-0.3, -0.25) is 0 Å². The first-order chi connectivity index (χ1) is 8.45. The van der Waals surface area contributed by atoms with Crippen LogP contribution in [-0.2, 0) is 6.54 Å². The molecule has 0 radical (unpaired) electrons. The first-order valence-corrected chi connectivity index (χ1v) is 6.64. The molecular weight excluding hydrogens is 250 g/mol. The van der Waals surface area contributed by atoms with Crippen LogP contribution in [0, 0.1) is 0 Å². The molecule has 1 rings (SSSR count). The summed E-state index contributed by atoms with van der Waals surface area (Å²) in [5.74, 6) is 0.568. The largest absolute Gasteiger partial charge is 0.504 e. The molecule has 0 aliphatic rings. The Kier molecular flexibility index (Phi) is 5.29. The molecule has 0 heterocycles. The third-order valence-corrected chi connectivity index (χ3v) is 3.82. The number of phenolic OH excluding ortho intramolecular Hbond substituents is 1. The van der Waals surface area contributed by atoms with Gasteiger partial charge in [0, 0.05) is 28.7 Å². The lowest BCUT2D eigenvalue weighted by atomic mass is 9.95. The Labute approximate surface area is 114 Å². The summed E-state index contributed by atoms with van der Waals surface area (Å²) in [5, 5.41) is 14.1. The molecule has 2 N–H and O–H groups in total. The molecule has 0 saturated carbocycles. The van der Waals surface area contributed by atoms with Crippen molar-refractivity contribution in [2.24, 2.45) is 0 Å². The number of nitrogens with one attached hydrogen (secondary N) is 1. The number of phenols is 1. The number of aromatic hydroxyl groups is 1. The zero-order valence-electron chi connectivity index (χ0n) is 11.5. The monoisotopic (exact) mass is 271 g/mol. The SMILES string of the molecule is CCC(C)(CC)NCc1cc(Cl)cc(OC)c1O. The van der Waals surface area contributed by atoms with Crippen molar-refractivity contribution >= 4 is 11.6 Å². The van der Waals surface area contributed by atoms with Crippen LogP contribution >= 0.6 is 11.6 Å². The van der Waals surface area contributed by atoms with Gasteiger partial charge in [-0.1, -0.05) is 25.4 Å². The zero-order chi connectivity index (χ0) is 13.8. The highest BCUT2D eigenvalue weighted by molar-refractivity contribution is 6.30. The second kappa shape index (κ2) is 6.30. The molecule has 3 nitrogen and oxygen atoms in total. The van der Waals surface area contributed by atoms with E-state index in [1.807, 2.05) is 0 Å². The number of rotatable bonds is 6. The predicted molar refractivity (Wildman–Crippen MR) is 75.5 cm³/mol. The van der Waals surface area contributed by atoms with E-state index in [4.69, 9.17) is 16.3 Å². The fourth-order valence-electron chi connectivity index (χ4n) is 1.73. The van der Waals surface area contributed by atoms with Gasteiger partial charge >= 0.3 is 0 Å². The Balaban J connectivity index is 2.88. The van der Waals surface area contributed by atoms with Gasteiger partial charge in [0.1, 0.15) is 0 Å². The minimum Gasteiger partial charge on any atom is -0.504 e. The normalized spacial score (nSPS) is 11.6. The molecule has 4 heteroatoms. The van der Waals surface area contributed by atoms with Crippen molar-refractivity contribution in [3.05, 3.63) is 22.7 Å². The molecule has 0 aliphatic heterocycles. The van der Waals surface area contributed by atoms with Crippen molar-refractivity contribution in [3.8, 4) is 11.5 Å². The molecule has 1 aromatic carbocycles. The van der Waals surface area contributed by atoms with Gasteiger partial charge in [0.15, 0.2) is 11.5 Å². The van der Waals surface area contributed by atoms with Crippen LogP contribution in [0.15, 0.2) is 12.1 Å². The van der Waals surface area contributed by atoms with Crippen LogP contribution in [0.2, 0.25) is 5.02 Å². The fraction of sp³-hybridized carbons (Fsp3) is 0.571. The molecule has 1 aromatic rings. The van der Waals surface area contributed by atoms with Crippen LogP contribution in [0.4, 0.5) is 0 Å². The van der Waals surface area contributed by atoms with E-state index in [9.17, 15) is 5.11 Å². The Morgan fingerprint density at radius 1 is 1.33 bits per heavy atom. The van der Waals surface area contributed by atoms with Gasteiger partial charge in [0.2, 0.25) is 0 Å². The van der Waals surface area contributed by atoms with Crippen LogP contribution in [0.1, 0.15) is 39.2 Å². The van der Waals surface area contributed by atoms with Gasteiger partial charge in [-0.15, -0.1) is 0 Å². The average molecular weight is 272 g/mol. The van der Waals surface area contributed by atoms with Gasteiger partial charge in [-0.05, 0) is 25.8 Å². The van der Waals surface area contributed by atoms with Crippen LogP contribution in [0.5, 0.6) is 11.5 Å². The van der Waals surface area contributed by atoms with Crippen molar-refractivity contribution < 1.29 is 9.84 Å². The maximum absolute atomic E-state index is 10.0. The number of hydrogen-bond acceptors (Lipinski definition) is 3. The van der Waals surface area contributed by atoms with E-state index in [1.165, 1.54) is 7.11 Å². The lowest BCUT2D eigenvalue weighted by Crippen LogP contribution is -2.40. The molecule has 0 aliphatic carbocycles. The number of hydrogen-bond donors (Lipinski definition) is 2. The smallest absolute Gasteiger partial charge is 0.162 e. The minimum atomic E-state index is 0.0714. The topological polar surface area (TPSA) is 41.5 Å². The highest BCUT2D eigenvalue weighted by Gasteiger charge is 2.19. The van der Waals surface area contributed by atoms with Crippen LogP contribution in [-0.4, -0.2) is 17.8 Å². The zero-order valence-corrected chi connectivity index (χ0v) is 12.3. The standard InChI is InChI=1S/C14H22ClNO2/c1-5-14(3,6-2)16-9-10-7-11(15)8-12(18-4)13(10)17/h7-8,16-17H,5-6,9H2,1-4H3. The highest BCUT2D eigenvalue weighted by atomic mass is 35.5. The van der Waals surface area contributed by atoms with Gasteiger partial charge < -0.3 is 15.2 Å². The van der Waals surface area contributed by atoms with E-state index in [1.54, 1.807) is 12.1 Å². The van der Waals surface area contributed by atoms with Crippen LogP contribution in [0.3, 0.4) is 0 Å². The summed E-state index contributed by atoms with van der Waals surface area (Å²) in [6.07, 6.45) is 2.06. The van der Waals surface area contributed by atoms with Crippen molar-refractivity contribution in [3.63, 3.8) is 0 Å². The van der Waals surface area contributed by atoms with Gasteiger partial charge in [-0.25, -0.2) is 0 Å². The van der Waals surface area contributed by atoms with E-state index < -0.39 is 0 Å². The Morgan fingerprint density at radius 2 is 1.94 bits per heavy atom. The predicted octanol–water partition coefficient (Wildman–Crippen LogP) is 3.72. The van der Waals surface area contributed by atoms with Crippen LogP contribution < -0.4 is 10.1 Å². The Bertz CT molecular complexity index is 403. The van der Waals surface area contributed by atoms with E-state index in [2.05, 4.69) is 26.1 Å². The summed E-state index contributed by atoms with van der Waals surface area (Å²) < 4.78 is 5.09. The van der Waals surface area contributed by atoms with Crippen molar-refractivity contribution in [1.29, 1.82) is 0 Å². The first-order valence-electron chi connectivity index (χ1n) is 6.26. The van der Waals surface area contributed by atoms with Gasteiger partial charge in [0.25, 0.3) is 0 Å². The van der Waals surface area contributed by atoms with E-state index in [-0.39, 0.29) is 11.3 Å².